The molecule has 0 bridgehead atoms. The van der Waals surface area contributed by atoms with Gasteiger partial charge >= 0.3 is 6.09 Å². The number of amides is 1. The molecule has 0 radical (unpaired) electrons. The Morgan fingerprint density at radius 1 is 1.43 bits per heavy atom. The molecule has 2 heterocycles. The molecule has 0 unspecified atom stereocenters. The largest absolute Gasteiger partial charge is 0.444 e. The maximum atomic E-state index is 12.0. The number of ether oxygens (including phenoxy) is 1. The van der Waals surface area contributed by atoms with Crippen LogP contribution in [-0.4, -0.2) is 41.4 Å². The molecule has 1 fully saturated rings. The van der Waals surface area contributed by atoms with Crippen LogP contribution in [0, 0.1) is 0 Å². The topological polar surface area (TPSA) is 49.8 Å². The van der Waals surface area contributed by atoms with Crippen LogP contribution in [-0.2, 0) is 11.2 Å². The fourth-order valence-electron chi connectivity index (χ4n) is 2.68. The Balaban J connectivity index is 1.91. The van der Waals surface area contributed by atoms with Crippen molar-refractivity contribution in [2.75, 3.05) is 19.7 Å². The number of aliphatic hydroxyl groups excluding tert-OH is 1. The number of thiophene rings is 1. The summed E-state index contributed by atoms with van der Waals surface area (Å²) in [4.78, 5) is 15.2. The third-order valence-corrected chi connectivity index (χ3v) is 4.80. The zero-order valence-electron chi connectivity index (χ0n) is 13.1. The van der Waals surface area contributed by atoms with E-state index in [1.807, 2.05) is 20.8 Å². The number of carbonyl (C=O) groups is 1. The molecule has 1 aromatic heterocycles. The molecule has 1 saturated heterocycles. The van der Waals surface area contributed by atoms with Crippen LogP contribution < -0.4 is 0 Å². The van der Waals surface area contributed by atoms with Gasteiger partial charge in [-0.2, -0.15) is 0 Å². The molecule has 1 amide bonds. The maximum Gasteiger partial charge on any atom is 0.410 e. The van der Waals surface area contributed by atoms with Crippen LogP contribution in [0.4, 0.5) is 4.79 Å². The second-order valence-corrected chi connectivity index (χ2v) is 7.47. The number of piperidine rings is 1. The van der Waals surface area contributed by atoms with Gasteiger partial charge < -0.3 is 14.7 Å². The summed E-state index contributed by atoms with van der Waals surface area (Å²) in [6.45, 7) is 7.37. The molecule has 0 saturated carbocycles. The second kappa shape index (κ2) is 6.79. The van der Waals surface area contributed by atoms with Gasteiger partial charge in [-0.05, 0) is 63.0 Å². The van der Waals surface area contributed by atoms with E-state index in [-0.39, 0.29) is 12.7 Å². The van der Waals surface area contributed by atoms with Crippen molar-refractivity contribution in [1.82, 2.24) is 4.90 Å². The van der Waals surface area contributed by atoms with E-state index in [9.17, 15) is 4.79 Å². The molecule has 118 valence electrons. The van der Waals surface area contributed by atoms with E-state index in [4.69, 9.17) is 9.84 Å². The Labute approximate surface area is 130 Å². The van der Waals surface area contributed by atoms with Gasteiger partial charge in [0, 0.05) is 24.6 Å². The maximum absolute atomic E-state index is 12.0. The van der Waals surface area contributed by atoms with E-state index < -0.39 is 5.60 Å². The number of nitrogens with zero attached hydrogens (tertiary/aromatic N) is 1. The van der Waals surface area contributed by atoms with Gasteiger partial charge in [-0.3, -0.25) is 0 Å². The average Bonchev–Trinajstić information content (AvgIpc) is 2.86. The number of aliphatic hydroxyl groups is 1. The minimum Gasteiger partial charge on any atom is -0.444 e. The smallest absolute Gasteiger partial charge is 0.410 e. The Kier molecular flexibility index (Phi) is 5.27. The van der Waals surface area contributed by atoms with Crippen molar-refractivity contribution in [2.24, 2.45) is 0 Å². The van der Waals surface area contributed by atoms with Crippen molar-refractivity contribution in [3.63, 3.8) is 0 Å². The summed E-state index contributed by atoms with van der Waals surface area (Å²) in [5.41, 5.74) is 0.828. The fourth-order valence-corrected chi connectivity index (χ4v) is 3.81. The lowest BCUT2D eigenvalue weighted by Gasteiger charge is -2.33. The SMILES string of the molecule is CC(C)(C)OC(=O)N1CCC(c2sccc2CCO)CC1. The molecular weight excluding hydrogens is 286 g/mol. The van der Waals surface area contributed by atoms with Crippen LogP contribution in [0.25, 0.3) is 0 Å². The van der Waals surface area contributed by atoms with E-state index in [2.05, 4.69) is 11.4 Å². The Morgan fingerprint density at radius 2 is 2.10 bits per heavy atom. The van der Waals surface area contributed by atoms with Gasteiger partial charge in [0.25, 0.3) is 0 Å². The highest BCUT2D eigenvalue weighted by Crippen LogP contribution is 2.34. The van der Waals surface area contributed by atoms with Gasteiger partial charge in [0.05, 0.1) is 0 Å². The van der Waals surface area contributed by atoms with Crippen LogP contribution in [0.2, 0.25) is 0 Å². The van der Waals surface area contributed by atoms with Gasteiger partial charge in [0.2, 0.25) is 0 Å². The summed E-state index contributed by atoms with van der Waals surface area (Å²) in [5.74, 6) is 0.505. The van der Waals surface area contributed by atoms with E-state index in [0.29, 0.717) is 5.92 Å². The minimum absolute atomic E-state index is 0.195. The molecule has 1 aliphatic heterocycles. The highest BCUT2D eigenvalue weighted by molar-refractivity contribution is 7.10. The Hall–Kier alpha value is -1.07. The van der Waals surface area contributed by atoms with Crippen molar-refractivity contribution in [1.29, 1.82) is 0 Å². The first-order valence-electron chi connectivity index (χ1n) is 7.56. The van der Waals surface area contributed by atoms with Gasteiger partial charge in [0.15, 0.2) is 0 Å². The molecule has 0 atom stereocenters. The molecule has 2 rings (SSSR count). The number of hydrogen-bond donors (Lipinski definition) is 1. The third-order valence-electron chi connectivity index (χ3n) is 3.68. The molecular formula is C16H25NO3S. The Morgan fingerprint density at radius 3 is 2.67 bits per heavy atom. The third kappa shape index (κ3) is 4.45. The zero-order chi connectivity index (χ0) is 15.5. The van der Waals surface area contributed by atoms with E-state index >= 15 is 0 Å². The fraction of sp³-hybridized carbons (Fsp3) is 0.688. The van der Waals surface area contributed by atoms with Crippen LogP contribution >= 0.6 is 11.3 Å². The van der Waals surface area contributed by atoms with Crippen molar-refractivity contribution in [2.45, 2.75) is 51.6 Å². The standard InChI is InChI=1S/C16H25NO3S/c1-16(2,3)20-15(19)17-8-4-12(5-9-17)14-13(6-10-18)7-11-21-14/h7,11-12,18H,4-6,8-10H2,1-3H3. The molecule has 0 aromatic carbocycles. The van der Waals surface area contributed by atoms with Crippen LogP contribution in [0.3, 0.4) is 0 Å². The zero-order valence-corrected chi connectivity index (χ0v) is 13.9. The molecule has 4 nitrogen and oxygen atoms in total. The highest BCUT2D eigenvalue weighted by Gasteiger charge is 2.28. The van der Waals surface area contributed by atoms with Crippen LogP contribution in [0.1, 0.15) is 50.0 Å². The molecule has 5 heteroatoms. The second-order valence-electron chi connectivity index (χ2n) is 6.53. The first-order valence-corrected chi connectivity index (χ1v) is 8.43. The predicted octanol–water partition coefficient (Wildman–Crippen LogP) is 3.40. The van der Waals surface area contributed by atoms with Crippen molar-refractivity contribution < 1.29 is 14.6 Å². The van der Waals surface area contributed by atoms with E-state index in [1.165, 1.54) is 10.4 Å². The number of hydrogen-bond acceptors (Lipinski definition) is 4. The molecule has 21 heavy (non-hydrogen) atoms. The minimum atomic E-state index is -0.435. The number of likely N-dealkylation sites (tertiary alicyclic amines) is 1. The van der Waals surface area contributed by atoms with Crippen molar-refractivity contribution >= 4 is 17.4 Å². The lowest BCUT2D eigenvalue weighted by atomic mass is 9.92. The summed E-state index contributed by atoms with van der Waals surface area (Å²) in [7, 11) is 0. The summed E-state index contributed by atoms with van der Waals surface area (Å²) in [5, 5.41) is 11.2. The molecule has 1 N–H and O–H groups in total. The van der Waals surface area contributed by atoms with Gasteiger partial charge in [-0.15, -0.1) is 11.3 Å². The quantitative estimate of drug-likeness (QED) is 0.931. The normalized spacial score (nSPS) is 17.0. The molecule has 0 aliphatic carbocycles. The summed E-state index contributed by atoms with van der Waals surface area (Å²) >= 11 is 1.77. The highest BCUT2D eigenvalue weighted by atomic mass is 32.1. The van der Waals surface area contributed by atoms with E-state index in [1.54, 1.807) is 16.2 Å². The van der Waals surface area contributed by atoms with Crippen LogP contribution in [0.5, 0.6) is 0 Å². The van der Waals surface area contributed by atoms with Crippen molar-refractivity contribution in [3.8, 4) is 0 Å². The summed E-state index contributed by atoms with van der Waals surface area (Å²) < 4.78 is 5.42. The Bertz CT molecular complexity index is 470. The molecule has 0 spiro atoms. The van der Waals surface area contributed by atoms with E-state index in [0.717, 1.165) is 32.4 Å². The average molecular weight is 311 g/mol. The summed E-state index contributed by atoms with van der Waals surface area (Å²) in [6.07, 6.45) is 2.46. The number of rotatable bonds is 3. The van der Waals surface area contributed by atoms with Gasteiger partial charge in [0.1, 0.15) is 5.60 Å². The van der Waals surface area contributed by atoms with Crippen molar-refractivity contribution in [3.05, 3.63) is 21.9 Å². The first-order chi connectivity index (χ1) is 9.90. The lowest BCUT2D eigenvalue weighted by molar-refractivity contribution is 0.0205. The number of carbonyl (C=O) groups excluding carboxylic acids is 1. The monoisotopic (exact) mass is 311 g/mol. The van der Waals surface area contributed by atoms with Crippen LogP contribution in [0.15, 0.2) is 11.4 Å². The molecule has 1 aromatic rings. The first kappa shape index (κ1) is 16.3. The van der Waals surface area contributed by atoms with Gasteiger partial charge in [-0.25, -0.2) is 4.79 Å². The molecule has 1 aliphatic rings. The predicted molar refractivity (Wildman–Crippen MR) is 84.9 cm³/mol. The summed E-state index contributed by atoms with van der Waals surface area (Å²) in [6, 6.07) is 2.11. The lowest BCUT2D eigenvalue weighted by Crippen LogP contribution is -2.41. The van der Waals surface area contributed by atoms with Gasteiger partial charge in [-0.1, -0.05) is 0 Å².